The van der Waals surface area contributed by atoms with Gasteiger partial charge in [-0.05, 0) is 32.0 Å². The van der Waals surface area contributed by atoms with Gasteiger partial charge in [0, 0.05) is 42.1 Å². The number of aryl methyl sites for hydroxylation is 1. The molecule has 1 N–H and O–H groups in total. The Morgan fingerprint density at radius 2 is 2.17 bits per heavy atom. The van der Waals surface area contributed by atoms with E-state index in [4.69, 9.17) is 25.5 Å². The molecular weight excluding hydrogens is 396 g/mol. The summed E-state index contributed by atoms with van der Waals surface area (Å²) in [6.07, 6.45) is 1.00. The van der Waals surface area contributed by atoms with Crippen LogP contribution in [0.5, 0.6) is 11.5 Å². The van der Waals surface area contributed by atoms with Gasteiger partial charge in [0.1, 0.15) is 17.6 Å². The Kier molecular flexibility index (Phi) is 5.24. The van der Waals surface area contributed by atoms with Crippen molar-refractivity contribution < 1.29 is 18.7 Å². The quantitative estimate of drug-likeness (QED) is 0.656. The number of nitrogens with one attached hydrogen (secondary N) is 1. The first-order valence-corrected chi connectivity index (χ1v) is 9.87. The molecule has 0 radical (unpaired) electrons. The van der Waals surface area contributed by atoms with Crippen molar-refractivity contribution in [2.75, 3.05) is 11.9 Å². The first kappa shape index (κ1) is 19.4. The van der Waals surface area contributed by atoms with Crippen LogP contribution in [0, 0.1) is 0 Å². The van der Waals surface area contributed by atoms with Crippen LogP contribution in [-0.2, 0) is 17.8 Å². The van der Waals surface area contributed by atoms with Gasteiger partial charge in [-0.1, -0.05) is 11.6 Å². The number of benzene rings is 2. The van der Waals surface area contributed by atoms with Crippen molar-refractivity contribution in [3.05, 3.63) is 51.5 Å². The molecule has 0 spiro atoms. The number of halogens is 1. The summed E-state index contributed by atoms with van der Waals surface area (Å²) in [5, 5.41) is 3.35. The minimum atomic E-state index is -0.523. The standard InChI is InChI=1S/C21H21ClN2O5/c1-3-27-18-9-13-8-12(2)28-17(13)11-15(18)23-20(25)6-7-24-16-5-4-14(22)10-19(16)29-21(24)26/h4-5,9-12H,3,6-8H2,1-2H3,(H,23,25). The Balaban J connectivity index is 1.50. The van der Waals surface area contributed by atoms with E-state index in [1.807, 2.05) is 19.9 Å². The van der Waals surface area contributed by atoms with Gasteiger partial charge in [-0.3, -0.25) is 9.36 Å². The van der Waals surface area contributed by atoms with E-state index in [0.717, 1.165) is 17.7 Å². The number of rotatable bonds is 6. The third-order valence-electron chi connectivity index (χ3n) is 4.76. The molecule has 0 saturated heterocycles. The lowest BCUT2D eigenvalue weighted by molar-refractivity contribution is -0.116. The predicted molar refractivity (Wildman–Crippen MR) is 110 cm³/mol. The number of ether oxygens (including phenoxy) is 2. The highest BCUT2D eigenvalue weighted by Gasteiger charge is 2.22. The molecule has 1 aliphatic rings. The topological polar surface area (TPSA) is 82.7 Å². The summed E-state index contributed by atoms with van der Waals surface area (Å²) in [4.78, 5) is 24.7. The van der Waals surface area contributed by atoms with E-state index in [0.29, 0.717) is 34.2 Å². The van der Waals surface area contributed by atoms with Crippen molar-refractivity contribution in [2.45, 2.75) is 39.3 Å². The third kappa shape index (κ3) is 3.96. The lowest BCUT2D eigenvalue weighted by atomic mass is 10.1. The number of anilines is 1. The highest BCUT2D eigenvalue weighted by atomic mass is 35.5. The first-order chi connectivity index (χ1) is 13.9. The molecule has 1 aliphatic heterocycles. The number of amides is 1. The second kappa shape index (κ2) is 7.83. The predicted octanol–water partition coefficient (Wildman–Crippen LogP) is 4.00. The number of nitrogens with zero attached hydrogens (tertiary/aromatic N) is 1. The van der Waals surface area contributed by atoms with E-state index in [9.17, 15) is 9.59 Å². The van der Waals surface area contributed by atoms with Crippen molar-refractivity contribution >= 4 is 34.3 Å². The van der Waals surface area contributed by atoms with Gasteiger partial charge in [0.15, 0.2) is 5.58 Å². The van der Waals surface area contributed by atoms with Crippen LogP contribution in [0.3, 0.4) is 0 Å². The van der Waals surface area contributed by atoms with Crippen LogP contribution in [0.25, 0.3) is 11.1 Å². The monoisotopic (exact) mass is 416 g/mol. The number of aromatic nitrogens is 1. The molecule has 0 saturated carbocycles. The van der Waals surface area contributed by atoms with E-state index in [2.05, 4.69) is 5.32 Å². The van der Waals surface area contributed by atoms with E-state index < -0.39 is 5.76 Å². The van der Waals surface area contributed by atoms with Crippen LogP contribution in [0.2, 0.25) is 5.02 Å². The van der Waals surface area contributed by atoms with Gasteiger partial charge in [0.05, 0.1) is 17.8 Å². The second-order valence-electron chi connectivity index (χ2n) is 6.95. The molecule has 7 nitrogen and oxygen atoms in total. The highest BCUT2D eigenvalue weighted by molar-refractivity contribution is 6.31. The summed E-state index contributed by atoms with van der Waals surface area (Å²) in [5.41, 5.74) is 2.61. The van der Waals surface area contributed by atoms with Gasteiger partial charge in [-0.15, -0.1) is 0 Å². The fraction of sp³-hybridized carbons (Fsp3) is 0.333. The zero-order valence-corrected chi connectivity index (χ0v) is 16.9. The normalized spacial score (nSPS) is 15.2. The van der Waals surface area contributed by atoms with Crippen molar-refractivity contribution in [3.63, 3.8) is 0 Å². The van der Waals surface area contributed by atoms with Crippen molar-refractivity contribution in [1.82, 2.24) is 4.57 Å². The Morgan fingerprint density at radius 1 is 1.34 bits per heavy atom. The third-order valence-corrected chi connectivity index (χ3v) is 5.00. The number of hydrogen-bond acceptors (Lipinski definition) is 5. The molecule has 2 heterocycles. The lowest BCUT2D eigenvalue weighted by Crippen LogP contribution is -2.20. The Hall–Kier alpha value is -2.93. The van der Waals surface area contributed by atoms with Gasteiger partial charge in [0.2, 0.25) is 5.91 Å². The lowest BCUT2D eigenvalue weighted by Gasteiger charge is -2.13. The first-order valence-electron chi connectivity index (χ1n) is 9.49. The van der Waals surface area contributed by atoms with Crippen LogP contribution in [0.4, 0.5) is 5.69 Å². The second-order valence-corrected chi connectivity index (χ2v) is 7.39. The summed E-state index contributed by atoms with van der Waals surface area (Å²) >= 11 is 5.93. The maximum atomic E-state index is 12.6. The molecule has 8 heteroatoms. The molecule has 1 amide bonds. The molecule has 152 valence electrons. The molecular formula is C21H21ClN2O5. The van der Waals surface area contributed by atoms with Crippen LogP contribution < -0.4 is 20.5 Å². The Morgan fingerprint density at radius 3 is 2.97 bits per heavy atom. The molecule has 1 atom stereocenters. The largest absolute Gasteiger partial charge is 0.492 e. The maximum absolute atomic E-state index is 12.6. The molecule has 1 aromatic heterocycles. The molecule has 0 bridgehead atoms. The number of carbonyl (C=O) groups is 1. The SMILES string of the molecule is CCOc1cc2c(cc1NC(=O)CCn1c(=O)oc3cc(Cl)ccc31)OC(C)C2. The van der Waals surface area contributed by atoms with Crippen LogP contribution in [0.15, 0.2) is 39.5 Å². The Bertz CT molecular complexity index is 1130. The van der Waals surface area contributed by atoms with Gasteiger partial charge >= 0.3 is 5.76 Å². The number of carbonyl (C=O) groups excluding carboxylic acids is 1. The van der Waals surface area contributed by atoms with Gasteiger partial charge < -0.3 is 19.2 Å². The molecule has 1 unspecified atom stereocenters. The zero-order chi connectivity index (χ0) is 20.5. The van der Waals surface area contributed by atoms with E-state index >= 15 is 0 Å². The van der Waals surface area contributed by atoms with Crippen LogP contribution in [0.1, 0.15) is 25.8 Å². The van der Waals surface area contributed by atoms with Gasteiger partial charge in [-0.2, -0.15) is 0 Å². The molecule has 4 rings (SSSR count). The minimum Gasteiger partial charge on any atom is -0.492 e. The average Bonchev–Trinajstić information content (AvgIpc) is 3.17. The van der Waals surface area contributed by atoms with E-state index in [-0.39, 0.29) is 25.0 Å². The summed E-state index contributed by atoms with van der Waals surface area (Å²) in [6, 6.07) is 8.66. The number of oxazole rings is 1. The highest BCUT2D eigenvalue weighted by Crippen LogP contribution is 2.38. The average molecular weight is 417 g/mol. The molecule has 0 aliphatic carbocycles. The smallest absolute Gasteiger partial charge is 0.419 e. The Labute approximate surface area is 172 Å². The van der Waals surface area contributed by atoms with Gasteiger partial charge in [-0.25, -0.2) is 4.79 Å². The van der Waals surface area contributed by atoms with E-state index in [1.165, 1.54) is 4.57 Å². The molecule has 3 aromatic rings. The molecule has 2 aromatic carbocycles. The summed E-state index contributed by atoms with van der Waals surface area (Å²) < 4.78 is 18.1. The minimum absolute atomic E-state index is 0.0943. The van der Waals surface area contributed by atoms with Crippen LogP contribution >= 0.6 is 11.6 Å². The van der Waals surface area contributed by atoms with Crippen LogP contribution in [-0.4, -0.2) is 23.2 Å². The van der Waals surface area contributed by atoms with Gasteiger partial charge in [0.25, 0.3) is 0 Å². The van der Waals surface area contributed by atoms with E-state index in [1.54, 1.807) is 24.3 Å². The zero-order valence-electron chi connectivity index (χ0n) is 16.2. The van der Waals surface area contributed by atoms with Crippen molar-refractivity contribution in [3.8, 4) is 11.5 Å². The fourth-order valence-electron chi connectivity index (χ4n) is 3.49. The van der Waals surface area contributed by atoms with Crippen molar-refractivity contribution in [1.29, 1.82) is 0 Å². The summed E-state index contributed by atoms with van der Waals surface area (Å²) in [7, 11) is 0. The number of hydrogen-bond donors (Lipinski definition) is 1. The molecule has 0 fully saturated rings. The maximum Gasteiger partial charge on any atom is 0.419 e. The molecule has 29 heavy (non-hydrogen) atoms. The summed E-state index contributed by atoms with van der Waals surface area (Å²) in [5.74, 6) is 0.597. The number of fused-ring (bicyclic) bond motifs is 2. The fourth-order valence-corrected chi connectivity index (χ4v) is 3.65. The summed E-state index contributed by atoms with van der Waals surface area (Å²) in [6.45, 7) is 4.55. The van der Waals surface area contributed by atoms with Crippen molar-refractivity contribution in [2.24, 2.45) is 0 Å².